The Morgan fingerprint density at radius 2 is 1.86 bits per heavy atom. The Kier molecular flexibility index (Phi) is 4.99. The SMILES string of the molecule is Cc1cc(-n2ccnc2)ccc1-c1nnc(N(C)C2CC(C)(C)NC(C)(C)C2)s1. The summed E-state index contributed by atoms with van der Waals surface area (Å²) in [6.45, 7) is 11.3. The molecule has 1 fully saturated rings. The van der Waals surface area contributed by atoms with Crippen molar-refractivity contribution in [3.8, 4) is 16.3 Å². The minimum Gasteiger partial charge on any atom is -0.347 e. The predicted octanol–water partition coefficient (Wildman–Crippen LogP) is 4.44. The molecular formula is C22H30N6S. The molecule has 1 aromatic carbocycles. The van der Waals surface area contributed by atoms with Crippen molar-refractivity contribution in [2.45, 2.75) is 64.6 Å². The highest BCUT2D eigenvalue weighted by Crippen LogP contribution is 2.36. The predicted molar refractivity (Wildman–Crippen MR) is 120 cm³/mol. The zero-order valence-corrected chi connectivity index (χ0v) is 18.9. The van der Waals surface area contributed by atoms with Gasteiger partial charge in [-0.05, 0) is 71.2 Å². The fraction of sp³-hybridized carbons (Fsp3) is 0.500. The summed E-state index contributed by atoms with van der Waals surface area (Å²) in [5, 5.41) is 14.8. The molecule has 0 unspecified atom stereocenters. The van der Waals surface area contributed by atoms with Crippen LogP contribution in [0.15, 0.2) is 36.9 Å². The second kappa shape index (κ2) is 7.22. The van der Waals surface area contributed by atoms with Crippen LogP contribution in [0.3, 0.4) is 0 Å². The first-order valence-electron chi connectivity index (χ1n) is 10.1. The largest absolute Gasteiger partial charge is 0.347 e. The summed E-state index contributed by atoms with van der Waals surface area (Å²) in [6.07, 6.45) is 7.73. The van der Waals surface area contributed by atoms with Crippen LogP contribution in [0.5, 0.6) is 0 Å². The summed E-state index contributed by atoms with van der Waals surface area (Å²) in [5.74, 6) is 0. The summed E-state index contributed by atoms with van der Waals surface area (Å²) in [6, 6.07) is 6.84. The molecule has 3 aromatic rings. The highest BCUT2D eigenvalue weighted by atomic mass is 32.1. The summed E-state index contributed by atoms with van der Waals surface area (Å²) in [5.41, 5.74) is 3.63. The molecule has 1 aliphatic rings. The van der Waals surface area contributed by atoms with Crippen LogP contribution in [0.1, 0.15) is 46.1 Å². The lowest BCUT2D eigenvalue weighted by atomic mass is 9.79. The maximum absolute atomic E-state index is 4.54. The van der Waals surface area contributed by atoms with Gasteiger partial charge >= 0.3 is 0 Å². The van der Waals surface area contributed by atoms with Crippen LogP contribution in [0.4, 0.5) is 5.13 Å². The van der Waals surface area contributed by atoms with Gasteiger partial charge in [0.2, 0.25) is 5.13 Å². The Bertz CT molecular complexity index is 973. The molecule has 1 aliphatic heterocycles. The first-order valence-corrected chi connectivity index (χ1v) is 10.9. The molecule has 0 saturated carbocycles. The minimum atomic E-state index is 0.105. The van der Waals surface area contributed by atoms with Crippen LogP contribution in [-0.4, -0.2) is 43.9 Å². The van der Waals surface area contributed by atoms with Gasteiger partial charge in [-0.3, -0.25) is 0 Å². The lowest BCUT2D eigenvalue weighted by Crippen LogP contribution is -2.61. The molecule has 4 rings (SSSR count). The van der Waals surface area contributed by atoms with Gasteiger partial charge in [-0.1, -0.05) is 11.3 Å². The van der Waals surface area contributed by atoms with E-state index in [1.807, 2.05) is 17.1 Å². The van der Waals surface area contributed by atoms with E-state index in [1.54, 1.807) is 17.5 Å². The zero-order chi connectivity index (χ0) is 20.8. The van der Waals surface area contributed by atoms with Gasteiger partial charge in [0.1, 0.15) is 5.01 Å². The number of imidazole rings is 1. The number of aromatic nitrogens is 4. The molecule has 0 amide bonds. The molecule has 154 valence electrons. The monoisotopic (exact) mass is 410 g/mol. The molecular weight excluding hydrogens is 380 g/mol. The van der Waals surface area contributed by atoms with Gasteiger partial charge in [0.15, 0.2) is 0 Å². The Hall–Kier alpha value is -2.25. The number of piperidine rings is 1. The van der Waals surface area contributed by atoms with Gasteiger partial charge in [-0.2, -0.15) is 0 Å². The standard InChI is InChI=1S/C22H30N6S/c1-15-11-16(28-10-9-23-14-28)7-8-18(15)19-24-25-20(29-19)27(6)17-12-21(2,3)26-22(4,5)13-17/h7-11,14,17,26H,12-13H2,1-6H3. The zero-order valence-electron chi connectivity index (χ0n) is 18.1. The molecule has 0 aliphatic carbocycles. The minimum absolute atomic E-state index is 0.105. The third kappa shape index (κ3) is 4.21. The number of nitrogens with one attached hydrogen (secondary N) is 1. The molecule has 1 N–H and O–H groups in total. The molecule has 1 saturated heterocycles. The van der Waals surface area contributed by atoms with Gasteiger partial charge in [-0.25, -0.2) is 4.98 Å². The lowest BCUT2D eigenvalue weighted by molar-refractivity contribution is 0.161. The highest BCUT2D eigenvalue weighted by Gasteiger charge is 2.39. The van der Waals surface area contributed by atoms with Crippen LogP contribution < -0.4 is 10.2 Å². The highest BCUT2D eigenvalue weighted by molar-refractivity contribution is 7.18. The molecule has 3 heterocycles. The fourth-order valence-electron chi connectivity index (χ4n) is 4.63. The number of benzene rings is 1. The summed E-state index contributed by atoms with van der Waals surface area (Å²) in [4.78, 5) is 6.45. The molecule has 29 heavy (non-hydrogen) atoms. The summed E-state index contributed by atoms with van der Waals surface area (Å²) < 4.78 is 2.01. The first kappa shape index (κ1) is 20.0. The van der Waals surface area contributed by atoms with Crippen LogP contribution >= 0.6 is 11.3 Å². The van der Waals surface area contributed by atoms with E-state index >= 15 is 0 Å². The Balaban J connectivity index is 1.57. The van der Waals surface area contributed by atoms with Crippen molar-refractivity contribution in [1.29, 1.82) is 0 Å². The van der Waals surface area contributed by atoms with Crippen molar-refractivity contribution in [2.75, 3.05) is 11.9 Å². The quantitative estimate of drug-likeness (QED) is 0.689. The summed E-state index contributed by atoms with van der Waals surface area (Å²) in [7, 11) is 2.15. The van der Waals surface area contributed by atoms with Crippen LogP contribution in [0.2, 0.25) is 0 Å². The van der Waals surface area contributed by atoms with E-state index in [-0.39, 0.29) is 11.1 Å². The average molecular weight is 411 g/mol. The van der Waals surface area contributed by atoms with E-state index in [2.05, 4.69) is 85.3 Å². The second-order valence-corrected chi connectivity index (χ2v) is 10.4. The van der Waals surface area contributed by atoms with Gasteiger partial charge in [0.25, 0.3) is 0 Å². The number of hydrogen-bond acceptors (Lipinski definition) is 6. The van der Waals surface area contributed by atoms with E-state index < -0.39 is 0 Å². The molecule has 0 atom stereocenters. The topological polar surface area (TPSA) is 58.9 Å². The van der Waals surface area contributed by atoms with Gasteiger partial charge < -0.3 is 14.8 Å². The van der Waals surface area contributed by atoms with Crippen LogP contribution in [-0.2, 0) is 0 Å². The van der Waals surface area contributed by atoms with E-state index in [0.29, 0.717) is 6.04 Å². The van der Waals surface area contributed by atoms with Crippen molar-refractivity contribution < 1.29 is 0 Å². The molecule has 0 radical (unpaired) electrons. The van der Waals surface area contributed by atoms with E-state index in [0.717, 1.165) is 34.2 Å². The molecule has 6 nitrogen and oxygen atoms in total. The first-order chi connectivity index (χ1) is 13.6. The maximum Gasteiger partial charge on any atom is 0.208 e. The van der Waals surface area contributed by atoms with Gasteiger partial charge in [0.05, 0.1) is 6.33 Å². The van der Waals surface area contributed by atoms with E-state index in [4.69, 9.17) is 0 Å². The Morgan fingerprint density at radius 1 is 1.14 bits per heavy atom. The van der Waals surface area contributed by atoms with Crippen molar-refractivity contribution in [3.63, 3.8) is 0 Å². The lowest BCUT2D eigenvalue weighted by Gasteiger charge is -2.48. The Labute approximate surface area is 177 Å². The van der Waals surface area contributed by atoms with E-state index in [9.17, 15) is 0 Å². The van der Waals surface area contributed by atoms with Gasteiger partial charge in [-0.15, -0.1) is 10.2 Å². The molecule has 7 heteroatoms. The second-order valence-electron chi connectivity index (χ2n) is 9.42. The Morgan fingerprint density at radius 3 is 2.48 bits per heavy atom. The number of rotatable bonds is 4. The number of anilines is 1. The van der Waals surface area contributed by atoms with Crippen molar-refractivity contribution >= 4 is 16.5 Å². The third-order valence-electron chi connectivity index (χ3n) is 5.68. The molecule has 2 aromatic heterocycles. The summed E-state index contributed by atoms with van der Waals surface area (Å²) >= 11 is 1.67. The average Bonchev–Trinajstić information content (AvgIpc) is 3.30. The molecule has 0 bridgehead atoms. The van der Waals surface area contributed by atoms with Crippen molar-refractivity contribution in [2.24, 2.45) is 0 Å². The third-order valence-corrected chi connectivity index (χ3v) is 6.72. The van der Waals surface area contributed by atoms with Gasteiger partial charge in [0, 0.05) is 47.8 Å². The normalized spacial score (nSPS) is 18.7. The number of hydrogen-bond donors (Lipinski definition) is 1. The van der Waals surface area contributed by atoms with Crippen LogP contribution in [0, 0.1) is 6.92 Å². The smallest absolute Gasteiger partial charge is 0.208 e. The van der Waals surface area contributed by atoms with Crippen molar-refractivity contribution in [3.05, 3.63) is 42.5 Å². The number of aryl methyl sites for hydroxylation is 1. The van der Waals surface area contributed by atoms with E-state index in [1.165, 1.54) is 5.56 Å². The number of nitrogens with zero attached hydrogens (tertiary/aromatic N) is 5. The molecule has 0 spiro atoms. The van der Waals surface area contributed by atoms with Crippen LogP contribution in [0.25, 0.3) is 16.3 Å². The fourth-order valence-corrected chi connectivity index (χ4v) is 5.59. The van der Waals surface area contributed by atoms with Crippen molar-refractivity contribution in [1.82, 2.24) is 25.1 Å². The maximum atomic E-state index is 4.54.